The number of carbonyl (C=O) groups is 1. The molecule has 0 fully saturated rings. The van der Waals surface area contributed by atoms with E-state index < -0.39 is 0 Å². The van der Waals surface area contributed by atoms with Gasteiger partial charge >= 0.3 is 0 Å². The van der Waals surface area contributed by atoms with Gasteiger partial charge in [0.2, 0.25) is 0 Å². The van der Waals surface area contributed by atoms with E-state index in [-0.39, 0.29) is 12.0 Å². The first kappa shape index (κ1) is 13.9. The first-order valence-corrected chi connectivity index (χ1v) is 6.36. The molecule has 0 bridgehead atoms. The van der Waals surface area contributed by atoms with Crippen molar-refractivity contribution in [1.29, 1.82) is 0 Å². The number of aromatic amines is 1. The summed E-state index contributed by atoms with van der Waals surface area (Å²) >= 11 is 0. The van der Waals surface area contributed by atoms with Crippen molar-refractivity contribution >= 4 is 17.4 Å². The van der Waals surface area contributed by atoms with Crippen molar-refractivity contribution in [2.75, 3.05) is 11.1 Å². The van der Waals surface area contributed by atoms with Crippen LogP contribution in [0.5, 0.6) is 5.75 Å². The van der Waals surface area contributed by atoms with Crippen molar-refractivity contribution in [2.24, 2.45) is 0 Å². The van der Waals surface area contributed by atoms with E-state index in [9.17, 15) is 4.79 Å². The molecule has 0 aliphatic rings. The van der Waals surface area contributed by atoms with Crippen LogP contribution in [0, 0.1) is 6.92 Å². The van der Waals surface area contributed by atoms with Crippen molar-refractivity contribution in [1.82, 2.24) is 10.2 Å². The molecular weight excluding hydrogens is 256 g/mol. The van der Waals surface area contributed by atoms with Crippen LogP contribution < -0.4 is 15.8 Å². The minimum Gasteiger partial charge on any atom is -0.491 e. The molecule has 0 saturated heterocycles. The summed E-state index contributed by atoms with van der Waals surface area (Å²) in [4.78, 5) is 12.1. The summed E-state index contributed by atoms with van der Waals surface area (Å²) < 4.78 is 5.56. The molecular formula is C14H18N4O2. The molecule has 20 heavy (non-hydrogen) atoms. The minimum atomic E-state index is -0.280. The van der Waals surface area contributed by atoms with Crippen molar-refractivity contribution in [3.05, 3.63) is 35.5 Å². The molecule has 6 heteroatoms. The molecule has 0 aliphatic carbocycles. The topological polar surface area (TPSA) is 93.0 Å². The molecule has 2 rings (SSSR count). The fourth-order valence-corrected chi connectivity index (χ4v) is 1.70. The molecule has 1 amide bonds. The Hall–Kier alpha value is -2.50. The van der Waals surface area contributed by atoms with E-state index in [0.29, 0.717) is 22.8 Å². The lowest BCUT2D eigenvalue weighted by Gasteiger charge is -2.10. The Bertz CT molecular complexity index is 619. The maximum absolute atomic E-state index is 12.1. The zero-order valence-corrected chi connectivity index (χ0v) is 11.7. The highest BCUT2D eigenvalue weighted by atomic mass is 16.5. The number of ether oxygens (including phenoxy) is 1. The van der Waals surface area contributed by atoms with Gasteiger partial charge in [-0.3, -0.25) is 9.89 Å². The summed E-state index contributed by atoms with van der Waals surface area (Å²) in [5.74, 6) is 0.707. The van der Waals surface area contributed by atoms with Crippen LogP contribution in [-0.4, -0.2) is 22.2 Å². The Morgan fingerprint density at radius 1 is 1.45 bits per heavy atom. The van der Waals surface area contributed by atoms with Gasteiger partial charge in [0, 0.05) is 5.56 Å². The van der Waals surface area contributed by atoms with Crippen LogP contribution in [0.15, 0.2) is 24.3 Å². The number of carbonyl (C=O) groups excluding carboxylic acids is 1. The summed E-state index contributed by atoms with van der Waals surface area (Å²) in [6.07, 6.45) is 0.0537. The first-order valence-electron chi connectivity index (χ1n) is 6.36. The van der Waals surface area contributed by atoms with Crippen LogP contribution in [0.2, 0.25) is 0 Å². The SMILES string of the molecule is Cc1[nH]nc(NC(=O)c2cccc(OC(C)C)c2)c1N. The molecule has 4 N–H and O–H groups in total. The predicted octanol–water partition coefficient (Wildman–Crippen LogP) is 2.34. The maximum Gasteiger partial charge on any atom is 0.257 e. The molecule has 1 heterocycles. The molecule has 2 aromatic rings. The van der Waals surface area contributed by atoms with Crippen LogP contribution >= 0.6 is 0 Å². The number of benzene rings is 1. The van der Waals surface area contributed by atoms with E-state index in [2.05, 4.69) is 15.5 Å². The molecule has 1 aromatic carbocycles. The highest BCUT2D eigenvalue weighted by molar-refractivity contribution is 6.05. The van der Waals surface area contributed by atoms with Crippen molar-refractivity contribution in [2.45, 2.75) is 26.9 Å². The summed E-state index contributed by atoms with van der Waals surface area (Å²) in [5.41, 5.74) is 7.44. The highest BCUT2D eigenvalue weighted by Gasteiger charge is 2.12. The van der Waals surface area contributed by atoms with Crippen molar-refractivity contribution < 1.29 is 9.53 Å². The first-order chi connectivity index (χ1) is 9.47. The normalized spacial score (nSPS) is 10.6. The van der Waals surface area contributed by atoms with Gasteiger partial charge in [-0.1, -0.05) is 6.07 Å². The maximum atomic E-state index is 12.1. The van der Waals surface area contributed by atoms with Crippen LogP contribution in [0.4, 0.5) is 11.5 Å². The van der Waals surface area contributed by atoms with Crippen molar-refractivity contribution in [3.8, 4) is 5.75 Å². The van der Waals surface area contributed by atoms with E-state index in [1.54, 1.807) is 25.1 Å². The van der Waals surface area contributed by atoms with Gasteiger partial charge in [-0.15, -0.1) is 0 Å². The fraction of sp³-hybridized carbons (Fsp3) is 0.286. The zero-order chi connectivity index (χ0) is 14.7. The third-order valence-electron chi connectivity index (χ3n) is 2.69. The van der Waals surface area contributed by atoms with Crippen LogP contribution in [0.25, 0.3) is 0 Å². The lowest BCUT2D eigenvalue weighted by molar-refractivity contribution is 0.102. The lowest BCUT2D eigenvalue weighted by Crippen LogP contribution is -2.14. The van der Waals surface area contributed by atoms with Gasteiger partial charge in [0.05, 0.1) is 17.5 Å². The fourth-order valence-electron chi connectivity index (χ4n) is 1.70. The largest absolute Gasteiger partial charge is 0.491 e. The van der Waals surface area contributed by atoms with Gasteiger partial charge in [0.15, 0.2) is 5.82 Å². The minimum absolute atomic E-state index is 0.0537. The zero-order valence-electron chi connectivity index (χ0n) is 11.7. The molecule has 0 unspecified atom stereocenters. The Morgan fingerprint density at radius 3 is 2.80 bits per heavy atom. The number of hydrogen-bond acceptors (Lipinski definition) is 4. The number of amides is 1. The molecule has 0 saturated carbocycles. The summed E-state index contributed by atoms with van der Waals surface area (Å²) in [6, 6.07) is 6.97. The van der Waals surface area contributed by atoms with E-state index in [0.717, 1.165) is 5.69 Å². The molecule has 0 spiro atoms. The van der Waals surface area contributed by atoms with Gasteiger partial charge in [0.1, 0.15) is 5.75 Å². The molecule has 106 valence electrons. The Morgan fingerprint density at radius 2 is 2.20 bits per heavy atom. The predicted molar refractivity (Wildman–Crippen MR) is 77.9 cm³/mol. The average molecular weight is 274 g/mol. The Balaban J connectivity index is 2.15. The number of nitrogens with zero attached hydrogens (tertiary/aromatic N) is 1. The van der Waals surface area contributed by atoms with Crippen LogP contribution in [0.1, 0.15) is 29.9 Å². The second kappa shape index (κ2) is 5.64. The average Bonchev–Trinajstić information content (AvgIpc) is 2.70. The molecule has 0 aliphatic heterocycles. The summed E-state index contributed by atoms with van der Waals surface area (Å²) in [6.45, 7) is 5.65. The lowest BCUT2D eigenvalue weighted by atomic mass is 10.2. The second-order valence-electron chi connectivity index (χ2n) is 4.76. The molecule has 6 nitrogen and oxygen atoms in total. The number of rotatable bonds is 4. The standard InChI is InChI=1S/C14H18N4O2/c1-8(2)20-11-6-4-5-10(7-11)14(19)16-13-12(15)9(3)17-18-13/h4-8H,15H2,1-3H3,(H2,16,17,18,19). The molecule has 0 radical (unpaired) electrons. The second-order valence-corrected chi connectivity index (χ2v) is 4.76. The van der Waals surface area contributed by atoms with Gasteiger partial charge in [-0.2, -0.15) is 5.10 Å². The van der Waals surface area contributed by atoms with Crippen LogP contribution in [0.3, 0.4) is 0 Å². The molecule has 1 aromatic heterocycles. The Kier molecular flexibility index (Phi) is 3.93. The monoisotopic (exact) mass is 274 g/mol. The van der Waals surface area contributed by atoms with Gasteiger partial charge < -0.3 is 15.8 Å². The number of anilines is 2. The number of aromatic nitrogens is 2. The number of hydrogen-bond donors (Lipinski definition) is 3. The quantitative estimate of drug-likeness (QED) is 0.797. The van der Waals surface area contributed by atoms with E-state index in [4.69, 9.17) is 10.5 Å². The van der Waals surface area contributed by atoms with Crippen molar-refractivity contribution in [3.63, 3.8) is 0 Å². The highest BCUT2D eigenvalue weighted by Crippen LogP contribution is 2.20. The smallest absolute Gasteiger partial charge is 0.257 e. The van der Waals surface area contributed by atoms with Gasteiger partial charge in [-0.25, -0.2) is 0 Å². The van der Waals surface area contributed by atoms with Gasteiger partial charge in [-0.05, 0) is 39.0 Å². The van der Waals surface area contributed by atoms with E-state index in [1.165, 1.54) is 0 Å². The number of aryl methyl sites for hydroxylation is 1. The third kappa shape index (κ3) is 3.09. The third-order valence-corrected chi connectivity index (χ3v) is 2.69. The van der Waals surface area contributed by atoms with E-state index in [1.807, 2.05) is 19.9 Å². The number of H-pyrrole nitrogens is 1. The van der Waals surface area contributed by atoms with Gasteiger partial charge in [0.25, 0.3) is 5.91 Å². The van der Waals surface area contributed by atoms with E-state index >= 15 is 0 Å². The summed E-state index contributed by atoms with van der Waals surface area (Å²) in [5, 5.41) is 9.32. The summed E-state index contributed by atoms with van der Waals surface area (Å²) in [7, 11) is 0. The number of nitrogens with two attached hydrogens (primary N) is 1. The van der Waals surface area contributed by atoms with Crippen LogP contribution in [-0.2, 0) is 0 Å². The number of nitrogen functional groups attached to an aromatic ring is 1. The molecule has 0 atom stereocenters. The number of nitrogens with one attached hydrogen (secondary N) is 2. The Labute approximate surface area is 117 Å².